The Bertz CT molecular complexity index is 274. The van der Waals surface area contributed by atoms with Crippen molar-refractivity contribution in [3.05, 3.63) is 0 Å². The lowest BCUT2D eigenvalue weighted by atomic mass is 9.97. The lowest BCUT2D eigenvalue weighted by Gasteiger charge is -2.35. The molecule has 0 radical (unpaired) electrons. The van der Waals surface area contributed by atoms with Crippen LogP contribution in [0.25, 0.3) is 0 Å². The first kappa shape index (κ1) is 12.0. The molecule has 0 spiro atoms. The smallest absolute Gasteiger partial charge is 0.212 e. The Kier molecular flexibility index (Phi) is 3.95. The number of rotatable bonds is 3. The van der Waals surface area contributed by atoms with Crippen LogP contribution in [0.4, 0.5) is 0 Å². The van der Waals surface area contributed by atoms with E-state index in [0.717, 1.165) is 12.8 Å². The summed E-state index contributed by atoms with van der Waals surface area (Å²) in [5.41, 5.74) is 0. The highest BCUT2D eigenvalue weighted by Crippen LogP contribution is 2.24. The van der Waals surface area contributed by atoms with Crippen LogP contribution in [0.2, 0.25) is 0 Å². The maximum Gasteiger partial charge on any atom is 0.214 e. The first-order valence-corrected chi connectivity index (χ1v) is 7.07. The van der Waals surface area contributed by atoms with Gasteiger partial charge in [0.1, 0.15) is 0 Å². The van der Waals surface area contributed by atoms with Crippen molar-refractivity contribution in [2.75, 3.05) is 12.3 Å². The van der Waals surface area contributed by atoms with E-state index in [2.05, 4.69) is 6.92 Å². The number of piperidine rings is 1. The number of sulfonamides is 1. The van der Waals surface area contributed by atoms with Crippen LogP contribution in [0.1, 0.15) is 40.0 Å². The zero-order valence-corrected chi connectivity index (χ0v) is 10.2. The second-order valence-electron chi connectivity index (χ2n) is 4.42. The summed E-state index contributed by atoms with van der Waals surface area (Å²) < 4.78 is 25.4. The monoisotopic (exact) mass is 219 g/mol. The van der Waals surface area contributed by atoms with Crippen molar-refractivity contribution < 1.29 is 8.42 Å². The summed E-state index contributed by atoms with van der Waals surface area (Å²) >= 11 is 0. The topological polar surface area (TPSA) is 37.4 Å². The Morgan fingerprint density at radius 3 is 2.50 bits per heavy atom. The fourth-order valence-electron chi connectivity index (χ4n) is 2.01. The van der Waals surface area contributed by atoms with Crippen LogP contribution >= 0.6 is 0 Å². The van der Waals surface area contributed by atoms with E-state index in [1.807, 2.05) is 13.8 Å². The van der Waals surface area contributed by atoms with E-state index >= 15 is 0 Å². The highest BCUT2D eigenvalue weighted by Gasteiger charge is 2.31. The van der Waals surface area contributed by atoms with Crippen LogP contribution in [-0.4, -0.2) is 31.1 Å². The second-order valence-corrected chi connectivity index (χ2v) is 6.46. The van der Waals surface area contributed by atoms with Crippen molar-refractivity contribution in [3.63, 3.8) is 0 Å². The van der Waals surface area contributed by atoms with Crippen LogP contribution in [0, 0.1) is 5.92 Å². The van der Waals surface area contributed by atoms with Gasteiger partial charge in [0.2, 0.25) is 10.0 Å². The van der Waals surface area contributed by atoms with Crippen molar-refractivity contribution in [1.29, 1.82) is 0 Å². The van der Waals surface area contributed by atoms with E-state index in [-0.39, 0.29) is 6.04 Å². The van der Waals surface area contributed by atoms with Gasteiger partial charge in [-0.2, -0.15) is 4.31 Å². The predicted molar refractivity (Wildman–Crippen MR) is 58.6 cm³/mol. The van der Waals surface area contributed by atoms with Gasteiger partial charge in [-0.1, -0.05) is 13.8 Å². The van der Waals surface area contributed by atoms with Gasteiger partial charge in [-0.3, -0.25) is 0 Å². The van der Waals surface area contributed by atoms with Gasteiger partial charge in [-0.15, -0.1) is 0 Å². The second kappa shape index (κ2) is 4.62. The van der Waals surface area contributed by atoms with Gasteiger partial charge >= 0.3 is 0 Å². The molecule has 3 nitrogen and oxygen atoms in total. The Morgan fingerprint density at radius 1 is 1.29 bits per heavy atom. The maximum atomic E-state index is 11.9. The van der Waals surface area contributed by atoms with Gasteiger partial charge in [0.25, 0.3) is 0 Å². The Labute approximate surface area is 87.5 Å². The molecule has 0 saturated carbocycles. The zero-order chi connectivity index (χ0) is 10.8. The maximum absolute atomic E-state index is 11.9. The fraction of sp³-hybridized carbons (Fsp3) is 1.00. The molecule has 1 heterocycles. The van der Waals surface area contributed by atoms with E-state index in [1.54, 1.807) is 4.31 Å². The van der Waals surface area contributed by atoms with Crippen molar-refractivity contribution >= 4 is 10.0 Å². The molecule has 0 bridgehead atoms. The summed E-state index contributed by atoms with van der Waals surface area (Å²) in [5, 5.41) is 0. The van der Waals surface area contributed by atoms with Gasteiger partial charge in [-0.25, -0.2) is 8.42 Å². The van der Waals surface area contributed by atoms with E-state index in [0.29, 0.717) is 24.6 Å². The molecular formula is C10H21NO2S. The Morgan fingerprint density at radius 2 is 1.93 bits per heavy atom. The third-order valence-corrected chi connectivity index (χ3v) is 5.03. The molecule has 1 fully saturated rings. The van der Waals surface area contributed by atoms with Crippen LogP contribution in [0.15, 0.2) is 0 Å². The molecule has 84 valence electrons. The minimum absolute atomic E-state index is 0.197. The van der Waals surface area contributed by atoms with E-state index in [4.69, 9.17) is 0 Å². The lowest BCUT2D eigenvalue weighted by Crippen LogP contribution is -2.45. The molecule has 0 N–H and O–H groups in total. The van der Waals surface area contributed by atoms with Crippen LogP contribution in [-0.2, 0) is 10.0 Å². The van der Waals surface area contributed by atoms with Crippen molar-refractivity contribution in [2.45, 2.75) is 46.1 Å². The molecule has 14 heavy (non-hydrogen) atoms. The highest BCUT2D eigenvalue weighted by atomic mass is 32.2. The van der Waals surface area contributed by atoms with Crippen molar-refractivity contribution in [2.24, 2.45) is 5.92 Å². The molecule has 0 aromatic carbocycles. The summed E-state index contributed by atoms with van der Waals surface area (Å²) in [5.74, 6) is 0.808. The highest BCUT2D eigenvalue weighted by molar-refractivity contribution is 7.89. The van der Waals surface area contributed by atoms with Gasteiger partial charge in [-0.05, 0) is 32.1 Å². The molecule has 1 saturated heterocycles. The third kappa shape index (κ3) is 2.70. The molecule has 0 aromatic heterocycles. The minimum Gasteiger partial charge on any atom is -0.212 e. The predicted octanol–water partition coefficient (Wildman–Crippen LogP) is 1.85. The fourth-order valence-corrected chi connectivity index (χ4v) is 3.90. The summed E-state index contributed by atoms with van der Waals surface area (Å²) in [6.45, 7) is 6.76. The molecule has 0 aromatic rings. The summed E-state index contributed by atoms with van der Waals surface area (Å²) in [6, 6.07) is 0.197. The lowest BCUT2D eigenvalue weighted by molar-refractivity contribution is 0.218. The van der Waals surface area contributed by atoms with Gasteiger partial charge in [0.15, 0.2) is 0 Å². The van der Waals surface area contributed by atoms with Gasteiger partial charge in [0, 0.05) is 12.6 Å². The molecule has 0 aliphatic carbocycles. The average molecular weight is 219 g/mol. The van der Waals surface area contributed by atoms with Gasteiger partial charge < -0.3 is 0 Å². The molecule has 2 atom stereocenters. The number of hydrogen-bond acceptors (Lipinski definition) is 2. The summed E-state index contributed by atoms with van der Waals surface area (Å²) in [4.78, 5) is 0. The van der Waals surface area contributed by atoms with E-state index in [1.165, 1.54) is 0 Å². The zero-order valence-electron chi connectivity index (χ0n) is 9.36. The van der Waals surface area contributed by atoms with E-state index in [9.17, 15) is 8.42 Å². The molecule has 1 aliphatic heterocycles. The SMILES string of the molecule is CCCS(=O)(=O)N1CC(C)CCC1C. The molecule has 0 amide bonds. The first-order chi connectivity index (χ1) is 6.47. The summed E-state index contributed by atoms with van der Waals surface area (Å²) in [7, 11) is -2.98. The molecule has 1 aliphatic rings. The molecule has 1 rings (SSSR count). The van der Waals surface area contributed by atoms with Crippen LogP contribution in [0.3, 0.4) is 0 Å². The minimum atomic E-state index is -2.98. The molecule has 4 heteroatoms. The number of nitrogens with zero attached hydrogens (tertiary/aromatic N) is 1. The normalized spacial score (nSPS) is 30.5. The Hall–Kier alpha value is -0.0900. The average Bonchev–Trinajstić information content (AvgIpc) is 2.09. The molecular weight excluding hydrogens is 198 g/mol. The molecule has 2 unspecified atom stereocenters. The van der Waals surface area contributed by atoms with Crippen molar-refractivity contribution in [1.82, 2.24) is 4.31 Å². The number of hydrogen-bond donors (Lipinski definition) is 0. The third-order valence-electron chi connectivity index (χ3n) is 2.88. The standard InChI is InChI=1S/C10H21NO2S/c1-4-7-14(12,13)11-8-9(2)5-6-10(11)3/h9-10H,4-8H2,1-3H3. The van der Waals surface area contributed by atoms with E-state index < -0.39 is 10.0 Å². The quantitative estimate of drug-likeness (QED) is 0.726. The van der Waals surface area contributed by atoms with Crippen LogP contribution in [0.5, 0.6) is 0 Å². The largest absolute Gasteiger partial charge is 0.214 e. The van der Waals surface area contributed by atoms with Gasteiger partial charge in [0.05, 0.1) is 5.75 Å². The van der Waals surface area contributed by atoms with Crippen LogP contribution < -0.4 is 0 Å². The summed E-state index contributed by atoms with van der Waals surface area (Å²) in [6.07, 6.45) is 2.86. The first-order valence-electron chi connectivity index (χ1n) is 5.47. The Balaban J connectivity index is 2.74. The van der Waals surface area contributed by atoms with Crippen molar-refractivity contribution in [3.8, 4) is 0 Å².